The molecule has 6 nitrogen and oxygen atoms in total. The van der Waals surface area contributed by atoms with E-state index in [9.17, 15) is 9.59 Å². The second-order valence-electron chi connectivity index (χ2n) is 8.46. The number of nitrogens with zero attached hydrogens (tertiary/aromatic N) is 2. The Bertz CT molecular complexity index is 984. The van der Waals surface area contributed by atoms with Crippen molar-refractivity contribution in [3.63, 3.8) is 0 Å². The maximum atomic E-state index is 12.6. The van der Waals surface area contributed by atoms with Crippen molar-refractivity contribution >= 4 is 23.2 Å². The largest absolute Gasteiger partial charge is 0.381 e. The molecule has 3 amide bonds. The fourth-order valence-electron chi connectivity index (χ4n) is 4.57. The molecule has 0 spiro atoms. The highest BCUT2D eigenvalue weighted by Gasteiger charge is 2.29. The average molecular weight is 418 g/mol. The number of rotatable bonds is 3. The molecule has 1 fully saturated rings. The number of benzene rings is 2. The van der Waals surface area contributed by atoms with Crippen molar-refractivity contribution in [3.8, 4) is 0 Å². The molecule has 3 aliphatic rings. The fourth-order valence-corrected chi connectivity index (χ4v) is 4.57. The number of anilines is 1. The van der Waals surface area contributed by atoms with Gasteiger partial charge in [-0.05, 0) is 47.2 Å². The summed E-state index contributed by atoms with van der Waals surface area (Å²) in [4.78, 5) is 28.9. The van der Waals surface area contributed by atoms with E-state index in [2.05, 4.69) is 23.5 Å². The summed E-state index contributed by atoms with van der Waals surface area (Å²) in [5, 5.41) is 3.00. The lowest BCUT2D eigenvalue weighted by Gasteiger charge is -2.28. The molecule has 0 saturated carbocycles. The van der Waals surface area contributed by atoms with Crippen LogP contribution in [0.1, 0.15) is 29.5 Å². The molecule has 0 bridgehead atoms. The van der Waals surface area contributed by atoms with Gasteiger partial charge < -0.3 is 19.9 Å². The van der Waals surface area contributed by atoms with Gasteiger partial charge in [0.2, 0.25) is 5.91 Å². The Morgan fingerprint density at radius 3 is 2.32 bits per heavy atom. The maximum Gasteiger partial charge on any atom is 0.322 e. The molecule has 5 rings (SSSR count). The summed E-state index contributed by atoms with van der Waals surface area (Å²) in [7, 11) is 0. The SMILES string of the molecule is O=C(Nc1ccc(C2=CCN(C(=O)[C@H]3CCOC3)CC2)cc1)N1Cc2ccccc2C1. The van der Waals surface area contributed by atoms with Crippen LogP contribution < -0.4 is 5.32 Å². The fraction of sp³-hybridized carbons (Fsp3) is 0.360. The third-order valence-electron chi connectivity index (χ3n) is 6.43. The highest BCUT2D eigenvalue weighted by molar-refractivity contribution is 5.90. The number of amides is 3. The zero-order chi connectivity index (χ0) is 21.2. The Labute approximate surface area is 182 Å². The second-order valence-corrected chi connectivity index (χ2v) is 8.46. The van der Waals surface area contributed by atoms with E-state index in [1.165, 1.54) is 16.7 Å². The van der Waals surface area contributed by atoms with Gasteiger partial charge in [-0.3, -0.25) is 4.79 Å². The zero-order valence-electron chi connectivity index (χ0n) is 17.5. The molecular weight excluding hydrogens is 390 g/mol. The van der Waals surface area contributed by atoms with Crippen molar-refractivity contribution in [1.29, 1.82) is 0 Å². The first-order valence-corrected chi connectivity index (χ1v) is 11.0. The van der Waals surface area contributed by atoms with Crippen LogP contribution >= 0.6 is 0 Å². The summed E-state index contributed by atoms with van der Waals surface area (Å²) in [5.41, 5.74) is 5.61. The lowest BCUT2D eigenvalue weighted by Crippen LogP contribution is -2.39. The smallest absolute Gasteiger partial charge is 0.322 e. The van der Waals surface area contributed by atoms with Gasteiger partial charge in [-0.15, -0.1) is 0 Å². The van der Waals surface area contributed by atoms with Crippen LogP contribution in [0.25, 0.3) is 5.57 Å². The molecule has 3 aliphatic heterocycles. The first-order chi connectivity index (χ1) is 15.2. The predicted octanol–water partition coefficient (Wildman–Crippen LogP) is 3.89. The van der Waals surface area contributed by atoms with E-state index in [1.54, 1.807) is 0 Å². The van der Waals surface area contributed by atoms with Gasteiger partial charge in [-0.2, -0.15) is 0 Å². The minimum absolute atomic E-state index is 0.0289. The molecule has 1 N–H and O–H groups in total. The van der Waals surface area contributed by atoms with Crippen LogP contribution in [0.4, 0.5) is 10.5 Å². The first-order valence-electron chi connectivity index (χ1n) is 11.0. The van der Waals surface area contributed by atoms with E-state index in [4.69, 9.17) is 4.74 Å². The van der Waals surface area contributed by atoms with E-state index in [0.717, 1.165) is 30.6 Å². The Balaban J connectivity index is 1.17. The number of ether oxygens (including phenoxy) is 1. The summed E-state index contributed by atoms with van der Waals surface area (Å²) in [5.74, 6) is 0.246. The van der Waals surface area contributed by atoms with Crippen molar-refractivity contribution in [2.24, 2.45) is 5.92 Å². The van der Waals surface area contributed by atoms with Crippen LogP contribution in [0.15, 0.2) is 54.6 Å². The van der Waals surface area contributed by atoms with Gasteiger partial charge in [0.05, 0.1) is 12.5 Å². The minimum Gasteiger partial charge on any atom is -0.381 e. The van der Waals surface area contributed by atoms with Gasteiger partial charge in [-0.25, -0.2) is 4.79 Å². The van der Waals surface area contributed by atoms with Gasteiger partial charge in [-0.1, -0.05) is 42.5 Å². The molecule has 1 saturated heterocycles. The number of hydrogen-bond acceptors (Lipinski definition) is 3. The molecule has 3 heterocycles. The van der Waals surface area contributed by atoms with E-state index >= 15 is 0 Å². The van der Waals surface area contributed by atoms with Crippen LogP contribution in [-0.4, -0.2) is 48.0 Å². The summed E-state index contributed by atoms with van der Waals surface area (Å²) < 4.78 is 5.35. The Morgan fingerprint density at radius 2 is 1.71 bits per heavy atom. The maximum absolute atomic E-state index is 12.6. The van der Waals surface area contributed by atoms with Crippen LogP contribution in [0.2, 0.25) is 0 Å². The monoisotopic (exact) mass is 417 g/mol. The van der Waals surface area contributed by atoms with Crippen LogP contribution in [-0.2, 0) is 22.6 Å². The molecule has 0 unspecified atom stereocenters. The second kappa shape index (κ2) is 8.55. The third-order valence-corrected chi connectivity index (χ3v) is 6.43. The molecular formula is C25H27N3O3. The molecule has 2 aromatic rings. The molecule has 160 valence electrons. The van der Waals surface area contributed by atoms with Crippen molar-refractivity contribution in [3.05, 3.63) is 71.3 Å². The molecule has 2 aromatic carbocycles. The van der Waals surface area contributed by atoms with Gasteiger partial charge in [0, 0.05) is 38.5 Å². The highest BCUT2D eigenvalue weighted by atomic mass is 16.5. The average Bonchev–Trinajstić information content (AvgIpc) is 3.49. The molecule has 0 aliphatic carbocycles. The quantitative estimate of drug-likeness (QED) is 0.824. The van der Waals surface area contributed by atoms with Crippen LogP contribution in [0, 0.1) is 5.92 Å². The van der Waals surface area contributed by atoms with Gasteiger partial charge in [0.25, 0.3) is 0 Å². The predicted molar refractivity (Wildman–Crippen MR) is 119 cm³/mol. The van der Waals surface area contributed by atoms with Crippen LogP contribution in [0.3, 0.4) is 0 Å². The van der Waals surface area contributed by atoms with Crippen molar-refractivity contribution < 1.29 is 14.3 Å². The Hall–Kier alpha value is -3.12. The molecule has 6 heteroatoms. The topological polar surface area (TPSA) is 61.9 Å². The van der Waals surface area contributed by atoms with E-state index in [0.29, 0.717) is 32.8 Å². The lowest BCUT2D eigenvalue weighted by atomic mass is 9.98. The van der Waals surface area contributed by atoms with Crippen molar-refractivity contribution in [2.45, 2.75) is 25.9 Å². The Kier molecular flexibility index (Phi) is 5.47. The molecule has 1 atom stereocenters. The van der Waals surface area contributed by atoms with Gasteiger partial charge in [0.15, 0.2) is 0 Å². The number of urea groups is 1. The van der Waals surface area contributed by atoms with E-state index < -0.39 is 0 Å². The number of fused-ring (bicyclic) bond motifs is 1. The normalized spacial score (nSPS) is 20.4. The minimum atomic E-state index is -0.0779. The summed E-state index contributed by atoms with van der Waals surface area (Å²) in [6.07, 6.45) is 3.83. The summed E-state index contributed by atoms with van der Waals surface area (Å²) >= 11 is 0. The van der Waals surface area contributed by atoms with Gasteiger partial charge >= 0.3 is 6.03 Å². The standard InChI is InChI=1S/C25H27N3O3/c29-24(22-11-14-31-17-22)27-12-9-19(10-13-27)18-5-7-23(8-6-18)26-25(30)28-15-20-3-1-2-4-21(20)16-28/h1-9,22H,10-17H2,(H,26,30)/t22-/m0/s1. The number of hydrogen-bond donors (Lipinski definition) is 1. The number of carbonyl (C=O) groups is 2. The van der Waals surface area contributed by atoms with E-state index in [-0.39, 0.29) is 17.9 Å². The number of carbonyl (C=O) groups excluding carboxylic acids is 2. The molecule has 0 radical (unpaired) electrons. The first kappa shape index (κ1) is 19.8. The lowest BCUT2D eigenvalue weighted by molar-refractivity contribution is -0.135. The summed E-state index contributed by atoms with van der Waals surface area (Å²) in [6.45, 7) is 3.94. The van der Waals surface area contributed by atoms with Crippen molar-refractivity contribution in [2.75, 3.05) is 31.6 Å². The zero-order valence-corrected chi connectivity index (χ0v) is 17.5. The van der Waals surface area contributed by atoms with Crippen molar-refractivity contribution in [1.82, 2.24) is 9.80 Å². The summed E-state index contributed by atoms with van der Waals surface area (Å²) in [6, 6.07) is 16.1. The van der Waals surface area contributed by atoms with Gasteiger partial charge in [0.1, 0.15) is 0 Å². The molecule has 31 heavy (non-hydrogen) atoms. The Morgan fingerprint density at radius 1 is 0.968 bits per heavy atom. The van der Waals surface area contributed by atoms with Crippen LogP contribution in [0.5, 0.6) is 0 Å². The molecule has 0 aromatic heterocycles. The van der Waals surface area contributed by atoms with E-state index in [1.807, 2.05) is 46.2 Å². The third kappa shape index (κ3) is 4.21. The number of nitrogens with one attached hydrogen (secondary N) is 1. The highest BCUT2D eigenvalue weighted by Crippen LogP contribution is 2.27.